The Labute approximate surface area is 96.7 Å². The molecule has 1 heterocycles. The summed E-state index contributed by atoms with van der Waals surface area (Å²) < 4.78 is 0.996. The number of nitrogens with zero attached hydrogens (tertiary/aromatic N) is 2. The topological polar surface area (TPSA) is 51.8 Å². The minimum atomic E-state index is 0.839. The van der Waals surface area contributed by atoms with Crippen LogP contribution >= 0.6 is 23.1 Å². The van der Waals surface area contributed by atoms with Gasteiger partial charge in [-0.3, -0.25) is 0 Å². The average Bonchev–Trinajstić information content (AvgIpc) is 2.63. The number of thioether (sulfide) groups is 1. The number of nitrogen functional groups attached to an aromatic ring is 1. The molecule has 2 aromatic rings. The van der Waals surface area contributed by atoms with Crippen molar-refractivity contribution in [2.24, 2.45) is 0 Å². The Morgan fingerprint density at radius 2 is 2.13 bits per heavy atom. The minimum Gasteiger partial charge on any atom is -0.398 e. The Kier molecular flexibility index (Phi) is 3.23. The van der Waals surface area contributed by atoms with Crippen LogP contribution < -0.4 is 5.73 Å². The van der Waals surface area contributed by atoms with Gasteiger partial charge in [-0.25, -0.2) is 0 Å². The quantitative estimate of drug-likeness (QED) is 0.658. The molecule has 0 fully saturated rings. The molecule has 5 heteroatoms. The fourth-order valence-corrected chi connectivity index (χ4v) is 2.97. The molecule has 0 unspecified atom stereocenters. The van der Waals surface area contributed by atoms with Crippen LogP contribution in [0.5, 0.6) is 0 Å². The molecule has 1 aromatic carbocycles. The van der Waals surface area contributed by atoms with Gasteiger partial charge in [0.15, 0.2) is 4.34 Å². The second kappa shape index (κ2) is 4.63. The molecule has 0 saturated heterocycles. The van der Waals surface area contributed by atoms with E-state index in [0.717, 1.165) is 26.4 Å². The van der Waals surface area contributed by atoms with Gasteiger partial charge in [-0.05, 0) is 18.6 Å². The van der Waals surface area contributed by atoms with Gasteiger partial charge in [-0.1, -0.05) is 41.3 Å². The molecule has 0 bridgehead atoms. The SMILES string of the molecule is Cc1nnc(SCc2ccccc2N)s1. The Morgan fingerprint density at radius 1 is 1.33 bits per heavy atom. The number of aromatic nitrogens is 2. The molecule has 0 aliphatic heterocycles. The maximum absolute atomic E-state index is 5.84. The highest BCUT2D eigenvalue weighted by Crippen LogP contribution is 2.27. The average molecular weight is 237 g/mol. The van der Waals surface area contributed by atoms with Gasteiger partial charge < -0.3 is 5.73 Å². The first kappa shape index (κ1) is 10.4. The first-order valence-electron chi connectivity index (χ1n) is 4.52. The van der Waals surface area contributed by atoms with Crippen molar-refractivity contribution in [3.63, 3.8) is 0 Å². The van der Waals surface area contributed by atoms with Crippen molar-refractivity contribution in [3.05, 3.63) is 34.8 Å². The summed E-state index contributed by atoms with van der Waals surface area (Å²) in [7, 11) is 0. The molecule has 1 aromatic heterocycles. The van der Waals surface area contributed by atoms with Gasteiger partial charge in [0.05, 0.1) is 0 Å². The van der Waals surface area contributed by atoms with Gasteiger partial charge in [-0.2, -0.15) is 0 Å². The lowest BCUT2D eigenvalue weighted by atomic mass is 10.2. The van der Waals surface area contributed by atoms with E-state index in [1.165, 1.54) is 0 Å². The number of hydrogen-bond donors (Lipinski definition) is 1. The minimum absolute atomic E-state index is 0.839. The van der Waals surface area contributed by atoms with E-state index in [-0.39, 0.29) is 0 Å². The number of nitrogens with two attached hydrogens (primary N) is 1. The number of anilines is 1. The molecular formula is C10H11N3S2. The van der Waals surface area contributed by atoms with Crippen LogP contribution in [-0.4, -0.2) is 10.2 Å². The summed E-state index contributed by atoms with van der Waals surface area (Å²) >= 11 is 3.29. The van der Waals surface area contributed by atoms with E-state index in [0.29, 0.717) is 0 Å². The van der Waals surface area contributed by atoms with Crippen LogP contribution in [0.4, 0.5) is 5.69 Å². The Morgan fingerprint density at radius 3 is 2.80 bits per heavy atom. The van der Waals surface area contributed by atoms with Gasteiger partial charge >= 0.3 is 0 Å². The Bertz CT molecular complexity index is 453. The van der Waals surface area contributed by atoms with Gasteiger partial charge in [-0.15, -0.1) is 10.2 Å². The molecule has 0 radical (unpaired) electrons. The summed E-state index contributed by atoms with van der Waals surface area (Å²) in [6, 6.07) is 7.90. The third-order valence-corrected chi connectivity index (χ3v) is 3.93. The predicted molar refractivity (Wildman–Crippen MR) is 65.1 cm³/mol. The van der Waals surface area contributed by atoms with Crippen LogP contribution in [-0.2, 0) is 5.75 Å². The van der Waals surface area contributed by atoms with Crippen LogP contribution in [0.15, 0.2) is 28.6 Å². The van der Waals surface area contributed by atoms with Crippen LogP contribution in [0.25, 0.3) is 0 Å². The van der Waals surface area contributed by atoms with E-state index in [1.807, 2.05) is 31.2 Å². The molecule has 0 aliphatic rings. The first-order chi connectivity index (χ1) is 7.25. The van der Waals surface area contributed by atoms with Crippen molar-refractivity contribution in [1.29, 1.82) is 0 Å². The smallest absolute Gasteiger partial charge is 0.174 e. The Balaban J connectivity index is 2.02. The van der Waals surface area contributed by atoms with E-state index in [4.69, 9.17) is 5.73 Å². The fraction of sp³-hybridized carbons (Fsp3) is 0.200. The molecule has 3 nitrogen and oxygen atoms in total. The number of aryl methyl sites for hydroxylation is 1. The highest BCUT2D eigenvalue weighted by atomic mass is 32.2. The third kappa shape index (κ3) is 2.70. The highest BCUT2D eigenvalue weighted by molar-refractivity contribution is 8.00. The van der Waals surface area contributed by atoms with Crippen LogP contribution in [0.3, 0.4) is 0 Å². The second-order valence-electron chi connectivity index (χ2n) is 3.07. The zero-order valence-corrected chi connectivity index (χ0v) is 9.94. The first-order valence-corrected chi connectivity index (χ1v) is 6.32. The molecule has 0 saturated carbocycles. The van der Waals surface area contributed by atoms with Crippen LogP contribution in [0, 0.1) is 6.92 Å². The highest BCUT2D eigenvalue weighted by Gasteiger charge is 2.03. The van der Waals surface area contributed by atoms with E-state index in [9.17, 15) is 0 Å². The van der Waals surface area contributed by atoms with Gasteiger partial charge in [0.1, 0.15) is 5.01 Å². The van der Waals surface area contributed by atoms with Crippen LogP contribution in [0.2, 0.25) is 0 Å². The van der Waals surface area contributed by atoms with E-state index >= 15 is 0 Å². The zero-order chi connectivity index (χ0) is 10.7. The predicted octanol–water partition coefficient (Wildman–Crippen LogP) is 2.72. The van der Waals surface area contributed by atoms with E-state index < -0.39 is 0 Å². The molecule has 78 valence electrons. The summed E-state index contributed by atoms with van der Waals surface area (Å²) in [5.41, 5.74) is 7.83. The van der Waals surface area contributed by atoms with Crippen molar-refractivity contribution in [3.8, 4) is 0 Å². The van der Waals surface area contributed by atoms with Crippen molar-refractivity contribution >= 4 is 28.8 Å². The molecular weight excluding hydrogens is 226 g/mol. The van der Waals surface area contributed by atoms with Gasteiger partial charge in [0, 0.05) is 11.4 Å². The summed E-state index contributed by atoms with van der Waals surface area (Å²) in [6.45, 7) is 1.96. The maximum atomic E-state index is 5.84. The van der Waals surface area contributed by atoms with E-state index in [1.54, 1.807) is 23.1 Å². The lowest BCUT2D eigenvalue weighted by Crippen LogP contribution is -1.91. The largest absolute Gasteiger partial charge is 0.398 e. The normalized spacial score (nSPS) is 10.5. The number of para-hydroxylation sites is 1. The molecule has 2 rings (SSSR count). The Hall–Kier alpha value is -1.07. The summed E-state index contributed by atoms with van der Waals surface area (Å²) in [5, 5.41) is 9.02. The summed E-state index contributed by atoms with van der Waals surface area (Å²) in [4.78, 5) is 0. The molecule has 0 spiro atoms. The maximum Gasteiger partial charge on any atom is 0.174 e. The second-order valence-corrected chi connectivity index (χ2v) is 5.48. The fourth-order valence-electron chi connectivity index (χ4n) is 1.14. The number of hydrogen-bond acceptors (Lipinski definition) is 5. The third-order valence-electron chi connectivity index (χ3n) is 1.91. The number of rotatable bonds is 3. The van der Waals surface area contributed by atoms with Crippen molar-refractivity contribution in [2.45, 2.75) is 17.0 Å². The van der Waals surface area contributed by atoms with Crippen LogP contribution in [0.1, 0.15) is 10.6 Å². The monoisotopic (exact) mass is 237 g/mol. The van der Waals surface area contributed by atoms with Crippen molar-refractivity contribution in [2.75, 3.05) is 5.73 Å². The van der Waals surface area contributed by atoms with Gasteiger partial charge in [0.25, 0.3) is 0 Å². The van der Waals surface area contributed by atoms with Crippen molar-refractivity contribution < 1.29 is 0 Å². The number of benzene rings is 1. The van der Waals surface area contributed by atoms with Gasteiger partial charge in [0.2, 0.25) is 0 Å². The molecule has 15 heavy (non-hydrogen) atoms. The lowest BCUT2D eigenvalue weighted by molar-refractivity contribution is 0.983. The molecule has 0 aliphatic carbocycles. The standard InChI is InChI=1S/C10H11N3S2/c1-7-12-13-10(15-7)14-6-8-4-2-3-5-9(8)11/h2-5H,6,11H2,1H3. The van der Waals surface area contributed by atoms with Crippen molar-refractivity contribution in [1.82, 2.24) is 10.2 Å². The summed E-state index contributed by atoms with van der Waals surface area (Å²) in [5.74, 6) is 0.849. The summed E-state index contributed by atoms with van der Waals surface area (Å²) in [6.07, 6.45) is 0. The molecule has 2 N–H and O–H groups in total. The molecule has 0 atom stereocenters. The molecule has 0 amide bonds. The zero-order valence-electron chi connectivity index (χ0n) is 8.30. The lowest BCUT2D eigenvalue weighted by Gasteiger charge is -2.02. The van der Waals surface area contributed by atoms with E-state index in [2.05, 4.69) is 10.2 Å².